The number of nitrogens with one attached hydrogen (secondary N) is 2. The van der Waals surface area contributed by atoms with Crippen molar-refractivity contribution in [1.82, 2.24) is 10.0 Å². The first-order chi connectivity index (χ1) is 7.57. The maximum atomic E-state index is 11.3. The Balaban J connectivity index is 2.05. The fraction of sp³-hybridized carbons (Fsp3) is 1.00. The minimum absolute atomic E-state index is 0.149. The quantitative estimate of drug-likeness (QED) is 0.640. The summed E-state index contributed by atoms with van der Waals surface area (Å²) in [4.78, 5) is 0. The van der Waals surface area contributed by atoms with E-state index < -0.39 is 10.0 Å². The molecule has 0 atom stereocenters. The first kappa shape index (κ1) is 13.9. The lowest BCUT2D eigenvalue weighted by atomic mass is 9.89. The lowest BCUT2D eigenvalue weighted by Gasteiger charge is -2.35. The lowest BCUT2D eigenvalue weighted by molar-refractivity contribution is -0.00930. The van der Waals surface area contributed by atoms with Crippen LogP contribution in [0.15, 0.2) is 0 Å². The van der Waals surface area contributed by atoms with Crippen LogP contribution in [0.4, 0.5) is 0 Å². The van der Waals surface area contributed by atoms with Crippen molar-refractivity contribution in [3.05, 3.63) is 0 Å². The average Bonchev–Trinajstić information content (AvgIpc) is 2.13. The largest absolute Gasteiger partial charge is 0.378 e. The third kappa shape index (κ3) is 4.78. The van der Waals surface area contributed by atoms with Crippen molar-refractivity contribution in [3.63, 3.8) is 0 Å². The Morgan fingerprint density at radius 3 is 2.56 bits per heavy atom. The highest BCUT2D eigenvalue weighted by Crippen LogP contribution is 2.22. The minimum Gasteiger partial charge on any atom is -0.378 e. The van der Waals surface area contributed by atoms with Crippen LogP contribution in [0.1, 0.15) is 26.7 Å². The summed E-state index contributed by atoms with van der Waals surface area (Å²) in [6.45, 7) is 5.50. The van der Waals surface area contributed by atoms with Gasteiger partial charge in [0.2, 0.25) is 10.0 Å². The Kier molecular flexibility index (Phi) is 5.68. The third-order valence-corrected chi connectivity index (χ3v) is 4.14. The summed E-state index contributed by atoms with van der Waals surface area (Å²) < 4.78 is 30.5. The molecule has 0 aromatic carbocycles. The molecule has 0 aromatic heterocycles. The maximum absolute atomic E-state index is 11.3. The summed E-state index contributed by atoms with van der Waals surface area (Å²) in [6, 6.07) is 0.424. The van der Waals surface area contributed by atoms with E-state index in [9.17, 15) is 8.42 Å². The fourth-order valence-corrected chi connectivity index (χ4v) is 2.76. The molecule has 0 aromatic rings. The highest BCUT2D eigenvalue weighted by molar-refractivity contribution is 7.89. The predicted octanol–water partition coefficient (Wildman–Crippen LogP) is 0.0828. The second kappa shape index (κ2) is 6.54. The van der Waals surface area contributed by atoms with Gasteiger partial charge in [0, 0.05) is 25.7 Å². The standard InChI is InChI=1S/C10H22N2O3S/c1-3-12-16(13,14)6-5-11-9-7-10(8-9)15-4-2/h9-12H,3-8H2,1-2H3. The number of ether oxygens (including phenoxy) is 1. The summed E-state index contributed by atoms with van der Waals surface area (Å²) >= 11 is 0. The number of hydrogen-bond acceptors (Lipinski definition) is 4. The molecule has 0 spiro atoms. The molecule has 16 heavy (non-hydrogen) atoms. The highest BCUT2D eigenvalue weighted by atomic mass is 32.2. The molecule has 96 valence electrons. The average molecular weight is 250 g/mol. The summed E-state index contributed by atoms with van der Waals surface area (Å²) in [5.74, 6) is 0.149. The smallest absolute Gasteiger partial charge is 0.212 e. The third-order valence-electron chi connectivity index (χ3n) is 2.67. The van der Waals surface area contributed by atoms with Gasteiger partial charge in [0.15, 0.2) is 0 Å². The van der Waals surface area contributed by atoms with Gasteiger partial charge < -0.3 is 10.1 Å². The van der Waals surface area contributed by atoms with E-state index >= 15 is 0 Å². The van der Waals surface area contributed by atoms with E-state index in [0.717, 1.165) is 19.4 Å². The van der Waals surface area contributed by atoms with Gasteiger partial charge in [-0.1, -0.05) is 6.92 Å². The minimum atomic E-state index is -3.08. The zero-order valence-corrected chi connectivity index (χ0v) is 10.8. The Morgan fingerprint density at radius 1 is 1.31 bits per heavy atom. The number of sulfonamides is 1. The Bertz CT molecular complexity index is 286. The van der Waals surface area contributed by atoms with E-state index in [0.29, 0.717) is 25.2 Å². The van der Waals surface area contributed by atoms with Crippen LogP contribution in [-0.2, 0) is 14.8 Å². The van der Waals surface area contributed by atoms with Crippen LogP contribution in [0.2, 0.25) is 0 Å². The molecule has 0 bridgehead atoms. The van der Waals surface area contributed by atoms with E-state index in [1.165, 1.54) is 0 Å². The van der Waals surface area contributed by atoms with Gasteiger partial charge in [-0.3, -0.25) is 0 Å². The van der Waals surface area contributed by atoms with Crippen LogP contribution in [0, 0.1) is 0 Å². The van der Waals surface area contributed by atoms with Crippen LogP contribution >= 0.6 is 0 Å². The van der Waals surface area contributed by atoms with E-state index in [2.05, 4.69) is 10.0 Å². The van der Waals surface area contributed by atoms with Gasteiger partial charge in [-0.15, -0.1) is 0 Å². The normalized spacial score (nSPS) is 25.4. The first-order valence-electron chi connectivity index (χ1n) is 5.89. The van der Waals surface area contributed by atoms with Gasteiger partial charge >= 0.3 is 0 Å². The molecule has 1 fully saturated rings. The summed E-state index contributed by atoms with van der Waals surface area (Å²) in [5.41, 5.74) is 0. The predicted molar refractivity (Wildman–Crippen MR) is 63.9 cm³/mol. The second-order valence-corrected chi connectivity index (χ2v) is 5.94. The molecule has 1 aliphatic carbocycles. The van der Waals surface area contributed by atoms with Crippen LogP contribution in [-0.4, -0.2) is 46.0 Å². The van der Waals surface area contributed by atoms with Crippen LogP contribution in [0.25, 0.3) is 0 Å². The van der Waals surface area contributed by atoms with Gasteiger partial charge in [0.25, 0.3) is 0 Å². The second-order valence-electron chi connectivity index (χ2n) is 4.02. The van der Waals surface area contributed by atoms with Crippen molar-refractivity contribution in [2.45, 2.75) is 38.8 Å². The van der Waals surface area contributed by atoms with Gasteiger partial charge in [-0.2, -0.15) is 0 Å². The van der Waals surface area contributed by atoms with E-state index in [1.807, 2.05) is 6.92 Å². The van der Waals surface area contributed by atoms with Crippen LogP contribution in [0.5, 0.6) is 0 Å². The lowest BCUT2D eigenvalue weighted by Crippen LogP contribution is -2.47. The molecular weight excluding hydrogens is 228 g/mol. The van der Waals surface area contributed by atoms with Crippen molar-refractivity contribution in [2.75, 3.05) is 25.4 Å². The van der Waals surface area contributed by atoms with Crippen molar-refractivity contribution >= 4 is 10.0 Å². The van der Waals surface area contributed by atoms with Gasteiger partial charge in [-0.05, 0) is 19.8 Å². The molecule has 1 rings (SSSR count). The van der Waals surface area contributed by atoms with Crippen molar-refractivity contribution in [2.24, 2.45) is 0 Å². The van der Waals surface area contributed by atoms with E-state index in [-0.39, 0.29) is 5.75 Å². The molecule has 0 saturated heterocycles. The summed E-state index contributed by atoms with van der Waals surface area (Å²) in [5, 5.41) is 3.22. The van der Waals surface area contributed by atoms with Crippen molar-refractivity contribution in [1.29, 1.82) is 0 Å². The van der Waals surface area contributed by atoms with Gasteiger partial charge in [0.1, 0.15) is 0 Å². The number of rotatable bonds is 8. The van der Waals surface area contributed by atoms with E-state index in [1.54, 1.807) is 6.92 Å². The molecule has 6 heteroatoms. The molecule has 2 N–H and O–H groups in total. The monoisotopic (exact) mass is 250 g/mol. The molecule has 0 heterocycles. The SMILES string of the molecule is CCNS(=O)(=O)CCNC1CC(OCC)C1. The fourth-order valence-electron chi connectivity index (χ4n) is 1.79. The molecule has 0 amide bonds. The Hall–Kier alpha value is -0.170. The Morgan fingerprint density at radius 2 is 2.00 bits per heavy atom. The molecule has 0 unspecified atom stereocenters. The van der Waals surface area contributed by atoms with E-state index in [4.69, 9.17) is 4.74 Å². The molecule has 5 nitrogen and oxygen atoms in total. The van der Waals surface area contributed by atoms with Crippen molar-refractivity contribution < 1.29 is 13.2 Å². The van der Waals surface area contributed by atoms with Gasteiger partial charge in [0.05, 0.1) is 11.9 Å². The van der Waals surface area contributed by atoms with Gasteiger partial charge in [-0.25, -0.2) is 13.1 Å². The zero-order valence-electron chi connectivity index (χ0n) is 10.0. The van der Waals surface area contributed by atoms with Crippen molar-refractivity contribution in [3.8, 4) is 0 Å². The molecule has 1 aliphatic rings. The highest BCUT2D eigenvalue weighted by Gasteiger charge is 2.28. The summed E-state index contributed by atoms with van der Waals surface area (Å²) in [6.07, 6.45) is 2.36. The molecule has 0 aliphatic heterocycles. The molecular formula is C10H22N2O3S. The first-order valence-corrected chi connectivity index (χ1v) is 7.55. The zero-order chi connectivity index (χ0) is 12.0. The topological polar surface area (TPSA) is 67.4 Å². The van der Waals surface area contributed by atoms with Crippen LogP contribution < -0.4 is 10.0 Å². The molecule has 0 radical (unpaired) electrons. The maximum Gasteiger partial charge on any atom is 0.212 e. The summed E-state index contributed by atoms with van der Waals surface area (Å²) in [7, 11) is -3.08. The number of hydrogen-bond donors (Lipinski definition) is 2. The Labute approximate surface area is 98.0 Å². The van der Waals surface area contributed by atoms with Crippen LogP contribution in [0.3, 0.4) is 0 Å². The molecule has 1 saturated carbocycles.